The number of nitrogen functional groups attached to an aromatic ring is 1. The Morgan fingerprint density at radius 2 is 2.00 bits per heavy atom. The third-order valence-electron chi connectivity index (χ3n) is 2.41. The number of aryl methyl sites for hydroxylation is 1. The molecule has 1 aromatic heterocycles. The van der Waals surface area contributed by atoms with Crippen LogP contribution in [0.15, 0.2) is 30.5 Å². The van der Waals surface area contributed by atoms with E-state index in [-0.39, 0.29) is 6.01 Å². The molecule has 0 aliphatic carbocycles. The zero-order chi connectivity index (χ0) is 11.5. The lowest BCUT2D eigenvalue weighted by Crippen LogP contribution is -1.97. The van der Waals surface area contributed by atoms with E-state index < -0.39 is 0 Å². The van der Waals surface area contributed by atoms with Gasteiger partial charge in [-0.25, -0.2) is 4.98 Å². The second-order valence-corrected chi connectivity index (χ2v) is 3.56. The van der Waals surface area contributed by atoms with Gasteiger partial charge in [0, 0.05) is 6.20 Å². The van der Waals surface area contributed by atoms with E-state index in [2.05, 4.69) is 9.97 Å². The smallest absolute Gasteiger partial charge is 0.323 e. The highest BCUT2D eigenvalue weighted by Crippen LogP contribution is 2.24. The standard InChI is InChI=1S/C12H13N3O/c1-8-4-3-5-10(9(8)2)16-12-14-7-6-11(13)15-12/h3-7H,1-2H3,(H2,13,14,15). The topological polar surface area (TPSA) is 61.0 Å². The molecule has 2 rings (SSSR count). The SMILES string of the molecule is Cc1cccc(Oc2nccc(N)n2)c1C. The van der Waals surface area contributed by atoms with Crippen molar-refractivity contribution in [1.29, 1.82) is 0 Å². The maximum absolute atomic E-state index is 5.57. The molecule has 0 aliphatic rings. The number of hydrogen-bond donors (Lipinski definition) is 1. The first-order valence-corrected chi connectivity index (χ1v) is 4.99. The molecule has 16 heavy (non-hydrogen) atoms. The van der Waals surface area contributed by atoms with Gasteiger partial charge in [0.2, 0.25) is 0 Å². The minimum atomic E-state index is 0.272. The molecule has 0 atom stereocenters. The summed E-state index contributed by atoms with van der Waals surface area (Å²) in [6.45, 7) is 4.03. The molecular weight excluding hydrogens is 202 g/mol. The van der Waals surface area contributed by atoms with Crippen LogP contribution >= 0.6 is 0 Å². The Morgan fingerprint density at radius 3 is 2.75 bits per heavy atom. The molecule has 0 spiro atoms. The third kappa shape index (κ3) is 2.11. The average Bonchev–Trinajstić information content (AvgIpc) is 2.25. The number of hydrogen-bond acceptors (Lipinski definition) is 4. The van der Waals surface area contributed by atoms with Crippen LogP contribution in [0.3, 0.4) is 0 Å². The predicted molar refractivity (Wildman–Crippen MR) is 62.4 cm³/mol. The molecule has 2 N–H and O–H groups in total. The summed E-state index contributed by atoms with van der Waals surface area (Å²) in [5, 5.41) is 0. The maximum Gasteiger partial charge on any atom is 0.323 e. The highest BCUT2D eigenvalue weighted by molar-refractivity contribution is 5.40. The Labute approximate surface area is 94.1 Å². The number of ether oxygens (including phenoxy) is 1. The summed E-state index contributed by atoms with van der Waals surface area (Å²) in [6, 6.07) is 7.74. The second kappa shape index (κ2) is 4.18. The Morgan fingerprint density at radius 1 is 1.19 bits per heavy atom. The average molecular weight is 215 g/mol. The lowest BCUT2D eigenvalue weighted by Gasteiger charge is -2.08. The van der Waals surface area contributed by atoms with Crippen LogP contribution in [-0.4, -0.2) is 9.97 Å². The molecule has 82 valence electrons. The van der Waals surface area contributed by atoms with E-state index in [9.17, 15) is 0 Å². The summed E-state index contributed by atoms with van der Waals surface area (Å²) in [4.78, 5) is 7.98. The lowest BCUT2D eigenvalue weighted by atomic mass is 10.1. The Hall–Kier alpha value is -2.10. The third-order valence-corrected chi connectivity index (χ3v) is 2.41. The summed E-state index contributed by atoms with van der Waals surface area (Å²) < 4.78 is 5.57. The summed E-state index contributed by atoms with van der Waals surface area (Å²) in [6.07, 6.45) is 1.57. The second-order valence-electron chi connectivity index (χ2n) is 3.56. The van der Waals surface area contributed by atoms with Crippen molar-refractivity contribution in [3.05, 3.63) is 41.6 Å². The van der Waals surface area contributed by atoms with E-state index in [1.54, 1.807) is 12.3 Å². The van der Waals surface area contributed by atoms with Crippen LogP contribution in [0, 0.1) is 13.8 Å². The van der Waals surface area contributed by atoms with Crippen LogP contribution in [0.1, 0.15) is 11.1 Å². The molecule has 1 aromatic carbocycles. The fourth-order valence-corrected chi connectivity index (χ4v) is 1.34. The fourth-order valence-electron chi connectivity index (χ4n) is 1.34. The number of rotatable bonds is 2. The van der Waals surface area contributed by atoms with Crippen LogP contribution in [0.4, 0.5) is 5.82 Å². The maximum atomic E-state index is 5.57. The van der Waals surface area contributed by atoms with Gasteiger partial charge in [0.25, 0.3) is 0 Å². The first-order chi connectivity index (χ1) is 7.66. The first kappa shape index (κ1) is 10.4. The van der Waals surface area contributed by atoms with Gasteiger partial charge < -0.3 is 10.5 Å². The van der Waals surface area contributed by atoms with Gasteiger partial charge in [0.05, 0.1) is 0 Å². The van der Waals surface area contributed by atoms with Gasteiger partial charge >= 0.3 is 6.01 Å². The highest BCUT2D eigenvalue weighted by Gasteiger charge is 2.05. The van der Waals surface area contributed by atoms with Crippen molar-refractivity contribution in [3.63, 3.8) is 0 Å². The van der Waals surface area contributed by atoms with E-state index >= 15 is 0 Å². The van der Waals surface area contributed by atoms with Crippen molar-refractivity contribution in [3.8, 4) is 11.8 Å². The van der Waals surface area contributed by atoms with Gasteiger partial charge in [-0.05, 0) is 37.1 Å². The summed E-state index contributed by atoms with van der Waals surface area (Å²) >= 11 is 0. The number of nitrogens with zero attached hydrogens (tertiary/aromatic N) is 2. The normalized spacial score (nSPS) is 10.1. The van der Waals surface area contributed by atoms with Crippen molar-refractivity contribution >= 4 is 5.82 Å². The van der Waals surface area contributed by atoms with Gasteiger partial charge in [-0.15, -0.1) is 0 Å². The van der Waals surface area contributed by atoms with Gasteiger partial charge in [-0.3, -0.25) is 0 Å². The van der Waals surface area contributed by atoms with Crippen molar-refractivity contribution < 1.29 is 4.74 Å². The zero-order valence-corrected chi connectivity index (χ0v) is 9.27. The van der Waals surface area contributed by atoms with Gasteiger partial charge in [0.15, 0.2) is 0 Å². The largest absolute Gasteiger partial charge is 0.424 e. The van der Waals surface area contributed by atoms with E-state index in [1.165, 1.54) is 5.56 Å². The van der Waals surface area contributed by atoms with Crippen LogP contribution in [0.5, 0.6) is 11.8 Å². The van der Waals surface area contributed by atoms with Crippen LogP contribution in [0.2, 0.25) is 0 Å². The van der Waals surface area contributed by atoms with Crippen LogP contribution in [0.25, 0.3) is 0 Å². The molecule has 0 saturated carbocycles. The molecule has 0 unspecified atom stereocenters. The number of benzene rings is 1. The molecule has 2 aromatic rings. The number of anilines is 1. The molecule has 4 heteroatoms. The Bertz CT molecular complexity index is 511. The summed E-state index contributed by atoms with van der Waals surface area (Å²) in [7, 11) is 0. The Balaban J connectivity index is 2.31. The summed E-state index contributed by atoms with van der Waals surface area (Å²) in [5.41, 5.74) is 7.79. The van der Waals surface area contributed by atoms with E-state index in [4.69, 9.17) is 10.5 Å². The Kier molecular flexibility index (Phi) is 2.72. The molecule has 0 amide bonds. The quantitative estimate of drug-likeness (QED) is 0.835. The molecule has 0 bridgehead atoms. The van der Waals surface area contributed by atoms with Gasteiger partial charge in [-0.2, -0.15) is 4.98 Å². The van der Waals surface area contributed by atoms with Crippen molar-refractivity contribution in [2.75, 3.05) is 5.73 Å². The van der Waals surface area contributed by atoms with Crippen molar-refractivity contribution in [2.45, 2.75) is 13.8 Å². The minimum absolute atomic E-state index is 0.272. The number of nitrogens with two attached hydrogens (primary N) is 1. The molecular formula is C12H13N3O. The van der Waals surface area contributed by atoms with Gasteiger partial charge in [0.1, 0.15) is 11.6 Å². The number of aromatic nitrogens is 2. The first-order valence-electron chi connectivity index (χ1n) is 4.99. The van der Waals surface area contributed by atoms with Crippen molar-refractivity contribution in [2.24, 2.45) is 0 Å². The zero-order valence-electron chi connectivity index (χ0n) is 9.27. The van der Waals surface area contributed by atoms with Gasteiger partial charge in [-0.1, -0.05) is 12.1 Å². The molecule has 4 nitrogen and oxygen atoms in total. The molecule has 0 aliphatic heterocycles. The minimum Gasteiger partial charge on any atom is -0.424 e. The lowest BCUT2D eigenvalue weighted by molar-refractivity contribution is 0.439. The fraction of sp³-hybridized carbons (Fsp3) is 0.167. The molecule has 0 fully saturated rings. The van der Waals surface area contributed by atoms with E-state index in [1.807, 2.05) is 32.0 Å². The monoisotopic (exact) mass is 215 g/mol. The molecule has 0 radical (unpaired) electrons. The van der Waals surface area contributed by atoms with E-state index in [0.717, 1.165) is 11.3 Å². The van der Waals surface area contributed by atoms with E-state index in [0.29, 0.717) is 5.82 Å². The highest BCUT2D eigenvalue weighted by atomic mass is 16.5. The summed E-state index contributed by atoms with van der Waals surface area (Å²) in [5.74, 6) is 1.15. The van der Waals surface area contributed by atoms with Crippen molar-refractivity contribution in [1.82, 2.24) is 9.97 Å². The molecule has 0 saturated heterocycles. The van der Waals surface area contributed by atoms with Crippen LogP contribution < -0.4 is 10.5 Å². The van der Waals surface area contributed by atoms with Crippen LogP contribution in [-0.2, 0) is 0 Å². The predicted octanol–water partition coefficient (Wildman–Crippen LogP) is 2.47. The molecule has 1 heterocycles.